The van der Waals surface area contributed by atoms with Gasteiger partial charge in [0.2, 0.25) is 5.91 Å². The van der Waals surface area contributed by atoms with Crippen LogP contribution in [0.25, 0.3) is 0 Å². The highest BCUT2D eigenvalue weighted by atomic mass is 35.5. The van der Waals surface area contributed by atoms with Crippen LogP contribution >= 0.6 is 11.6 Å². The molecule has 0 saturated heterocycles. The van der Waals surface area contributed by atoms with E-state index in [4.69, 9.17) is 11.6 Å². The largest absolute Gasteiger partial charge is 0.346 e. The van der Waals surface area contributed by atoms with Crippen molar-refractivity contribution >= 4 is 17.5 Å². The van der Waals surface area contributed by atoms with Crippen molar-refractivity contribution in [2.45, 2.75) is 45.4 Å². The standard InChI is InChI=1S/C11H22ClNO/c1-3-4-8-11(14)13(2)10-7-5-6-9-12/h3-10H2,1-2H3. The molecule has 84 valence electrons. The number of nitrogens with zero attached hydrogens (tertiary/aromatic N) is 1. The second-order valence-corrected chi connectivity index (χ2v) is 4.05. The van der Waals surface area contributed by atoms with E-state index in [0.29, 0.717) is 6.42 Å². The Hall–Kier alpha value is -0.240. The van der Waals surface area contributed by atoms with Gasteiger partial charge in [-0.15, -0.1) is 11.6 Å². The van der Waals surface area contributed by atoms with Crippen molar-refractivity contribution in [3.8, 4) is 0 Å². The summed E-state index contributed by atoms with van der Waals surface area (Å²) in [6.07, 6.45) is 6.04. The number of unbranched alkanes of at least 4 members (excludes halogenated alkanes) is 3. The number of hydrogen-bond donors (Lipinski definition) is 0. The van der Waals surface area contributed by atoms with E-state index in [0.717, 1.165) is 44.5 Å². The van der Waals surface area contributed by atoms with Gasteiger partial charge in [0.1, 0.15) is 0 Å². The van der Waals surface area contributed by atoms with Crippen molar-refractivity contribution in [1.29, 1.82) is 0 Å². The van der Waals surface area contributed by atoms with Gasteiger partial charge in [-0.05, 0) is 19.3 Å². The Morgan fingerprint density at radius 2 is 1.93 bits per heavy atom. The van der Waals surface area contributed by atoms with Gasteiger partial charge in [-0.1, -0.05) is 19.8 Å². The molecule has 0 bridgehead atoms. The number of carbonyl (C=O) groups is 1. The summed E-state index contributed by atoms with van der Waals surface area (Å²) in [5.41, 5.74) is 0. The first-order chi connectivity index (χ1) is 6.72. The molecule has 3 heteroatoms. The first-order valence-corrected chi connectivity index (χ1v) is 6.05. The number of amides is 1. The first-order valence-electron chi connectivity index (χ1n) is 5.52. The lowest BCUT2D eigenvalue weighted by atomic mass is 10.2. The second kappa shape index (κ2) is 9.32. The zero-order chi connectivity index (χ0) is 10.8. The third kappa shape index (κ3) is 7.19. The number of alkyl halides is 1. The zero-order valence-electron chi connectivity index (χ0n) is 9.39. The topological polar surface area (TPSA) is 20.3 Å². The van der Waals surface area contributed by atoms with Gasteiger partial charge in [0, 0.05) is 25.9 Å². The molecule has 0 rings (SSSR count). The highest BCUT2D eigenvalue weighted by Crippen LogP contribution is 2.02. The van der Waals surface area contributed by atoms with Crippen LogP contribution in [0.3, 0.4) is 0 Å². The average molecular weight is 220 g/mol. The molecule has 0 aliphatic carbocycles. The molecule has 1 amide bonds. The SMILES string of the molecule is CCCCC(=O)N(C)CCCCCCl. The summed E-state index contributed by atoms with van der Waals surface area (Å²) in [4.78, 5) is 13.3. The quantitative estimate of drug-likeness (QED) is 0.454. The first kappa shape index (κ1) is 13.8. The summed E-state index contributed by atoms with van der Waals surface area (Å²) in [5, 5.41) is 0. The molecule has 0 aromatic rings. The van der Waals surface area contributed by atoms with E-state index < -0.39 is 0 Å². The van der Waals surface area contributed by atoms with Crippen molar-refractivity contribution < 1.29 is 4.79 Å². The van der Waals surface area contributed by atoms with Gasteiger partial charge in [-0.25, -0.2) is 0 Å². The molecule has 0 aromatic carbocycles. The highest BCUT2D eigenvalue weighted by molar-refractivity contribution is 6.17. The van der Waals surface area contributed by atoms with Crippen molar-refractivity contribution in [3.63, 3.8) is 0 Å². The lowest BCUT2D eigenvalue weighted by molar-refractivity contribution is -0.130. The molecular formula is C11H22ClNO. The zero-order valence-corrected chi connectivity index (χ0v) is 10.1. The minimum Gasteiger partial charge on any atom is -0.346 e. The summed E-state index contributed by atoms with van der Waals surface area (Å²) in [6.45, 7) is 2.98. The number of rotatable bonds is 8. The molecule has 0 spiro atoms. The molecule has 0 aliphatic heterocycles. The molecule has 0 fully saturated rings. The molecular weight excluding hydrogens is 198 g/mol. The Bertz CT molecular complexity index is 150. The van der Waals surface area contributed by atoms with E-state index >= 15 is 0 Å². The normalized spacial score (nSPS) is 10.2. The molecule has 0 radical (unpaired) electrons. The maximum Gasteiger partial charge on any atom is 0.222 e. The lowest BCUT2D eigenvalue weighted by Crippen LogP contribution is -2.27. The van der Waals surface area contributed by atoms with Gasteiger partial charge >= 0.3 is 0 Å². The van der Waals surface area contributed by atoms with Crippen molar-refractivity contribution in [2.24, 2.45) is 0 Å². The second-order valence-electron chi connectivity index (χ2n) is 3.67. The summed E-state index contributed by atoms with van der Waals surface area (Å²) < 4.78 is 0. The van der Waals surface area contributed by atoms with E-state index in [2.05, 4.69) is 6.92 Å². The molecule has 0 aromatic heterocycles. The van der Waals surface area contributed by atoms with Crippen LogP contribution < -0.4 is 0 Å². The van der Waals surface area contributed by atoms with Crippen LogP contribution in [-0.2, 0) is 4.79 Å². The van der Waals surface area contributed by atoms with Crippen LogP contribution in [0.15, 0.2) is 0 Å². The van der Waals surface area contributed by atoms with Crippen LogP contribution in [0.5, 0.6) is 0 Å². The fraction of sp³-hybridized carbons (Fsp3) is 0.909. The maximum atomic E-state index is 11.5. The molecule has 0 N–H and O–H groups in total. The minimum atomic E-state index is 0.276. The molecule has 2 nitrogen and oxygen atoms in total. The molecule has 0 unspecified atom stereocenters. The molecule has 0 atom stereocenters. The van der Waals surface area contributed by atoms with Crippen LogP contribution in [0.4, 0.5) is 0 Å². The molecule has 0 saturated carbocycles. The third-order valence-corrected chi connectivity index (χ3v) is 2.56. The smallest absolute Gasteiger partial charge is 0.222 e. The number of hydrogen-bond acceptors (Lipinski definition) is 1. The summed E-state index contributed by atoms with van der Waals surface area (Å²) in [5.74, 6) is 1.01. The van der Waals surface area contributed by atoms with Gasteiger partial charge in [0.05, 0.1) is 0 Å². The Morgan fingerprint density at radius 1 is 1.21 bits per heavy atom. The van der Waals surface area contributed by atoms with Crippen LogP contribution in [0.1, 0.15) is 45.4 Å². The molecule has 0 heterocycles. The van der Waals surface area contributed by atoms with Crippen LogP contribution in [0.2, 0.25) is 0 Å². The van der Waals surface area contributed by atoms with E-state index in [1.807, 2.05) is 11.9 Å². The Balaban J connectivity index is 3.42. The highest BCUT2D eigenvalue weighted by Gasteiger charge is 2.06. The average Bonchev–Trinajstić information content (AvgIpc) is 2.20. The maximum absolute atomic E-state index is 11.5. The lowest BCUT2D eigenvalue weighted by Gasteiger charge is -2.16. The Morgan fingerprint density at radius 3 is 2.50 bits per heavy atom. The summed E-state index contributed by atoms with van der Waals surface area (Å²) in [6, 6.07) is 0. The van der Waals surface area contributed by atoms with Crippen molar-refractivity contribution in [2.75, 3.05) is 19.5 Å². The predicted octanol–water partition coefficient (Wildman–Crippen LogP) is 3.04. The Labute approximate surface area is 92.6 Å². The Kier molecular flexibility index (Phi) is 9.16. The van der Waals surface area contributed by atoms with Gasteiger partial charge in [-0.3, -0.25) is 4.79 Å². The molecule has 14 heavy (non-hydrogen) atoms. The van der Waals surface area contributed by atoms with Gasteiger partial charge in [0.25, 0.3) is 0 Å². The van der Waals surface area contributed by atoms with E-state index in [9.17, 15) is 4.79 Å². The fourth-order valence-electron chi connectivity index (χ4n) is 1.26. The van der Waals surface area contributed by atoms with Gasteiger partial charge in [-0.2, -0.15) is 0 Å². The minimum absolute atomic E-state index is 0.276. The fourth-order valence-corrected chi connectivity index (χ4v) is 1.45. The van der Waals surface area contributed by atoms with Crippen LogP contribution in [0, 0.1) is 0 Å². The summed E-state index contributed by atoms with van der Waals surface area (Å²) in [7, 11) is 1.89. The van der Waals surface area contributed by atoms with Crippen LogP contribution in [-0.4, -0.2) is 30.3 Å². The predicted molar refractivity (Wildman–Crippen MR) is 61.7 cm³/mol. The van der Waals surface area contributed by atoms with Crippen molar-refractivity contribution in [3.05, 3.63) is 0 Å². The number of halogens is 1. The van der Waals surface area contributed by atoms with Crippen molar-refractivity contribution in [1.82, 2.24) is 4.90 Å². The van der Waals surface area contributed by atoms with E-state index in [-0.39, 0.29) is 5.91 Å². The van der Waals surface area contributed by atoms with E-state index in [1.165, 1.54) is 0 Å². The van der Waals surface area contributed by atoms with E-state index in [1.54, 1.807) is 0 Å². The summed E-state index contributed by atoms with van der Waals surface area (Å²) >= 11 is 5.57. The number of carbonyl (C=O) groups excluding carboxylic acids is 1. The third-order valence-electron chi connectivity index (χ3n) is 2.30. The van der Waals surface area contributed by atoms with Gasteiger partial charge < -0.3 is 4.90 Å². The van der Waals surface area contributed by atoms with Gasteiger partial charge in [0.15, 0.2) is 0 Å². The monoisotopic (exact) mass is 219 g/mol. The molecule has 0 aliphatic rings.